The van der Waals surface area contributed by atoms with Crippen molar-refractivity contribution in [1.82, 2.24) is 4.90 Å². The van der Waals surface area contributed by atoms with Crippen LogP contribution in [0.2, 0.25) is 0 Å². The van der Waals surface area contributed by atoms with Crippen LogP contribution in [0.15, 0.2) is 27.6 Å². The van der Waals surface area contributed by atoms with Crippen molar-refractivity contribution in [1.29, 1.82) is 0 Å². The summed E-state index contributed by atoms with van der Waals surface area (Å²) in [5, 5.41) is 0. The van der Waals surface area contributed by atoms with Gasteiger partial charge in [0, 0.05) is 28.1 Å². The second kappa shape index (κ2) is 10.1. The summed E-state index contributed by atoms with van der Waals surface area (Å²) < 4.78 is 0.961. The van der Waals surface area contributed by atoms with Gasteiger partial charge in [-0.05, 0) is 31.0 Å². The van der Waals surface area contributed by atoms with Crippen molar-refractivity contribution in [2.45, 2.75) is 44.4 Å². The lowest BCUT2D eigenvalue weighted by molar-refractivity contribution is -0.128. The minimum absolute atomic E-state index is 0.212. The van der Waals surface area contributed by atoms with E-state index in [9.17, 15) is 4.79 Å². The molecule has 1 aromatic rings. The number of anilines is 1. The van der Waals surface area contributed by atoms with Crippen LogP contribution in [-0.2, 0) is 4.79 Å². The van der Waals surface area contributed by atoms with Gasteiger partial charge in [0.2, 0.25) is 5.91 Å². The van der Waals surface area contributed by atoms with Crippen LogP contribution < -0.4 is 5.73 Å². The maximum Gasteiger partial charge on any atom is 0.232 e. The van der Waals surface area contributed by atoms with Gasteiger partial charge < -0.3 is 10.6 Å². The van der Waals surface area contributed by atoms with E-state index in [2.05, 4.69) is 29.8 Å². The number of unbranched alkanes of at least 4 members (excludes halogenated alkanes) is 2. The van der Waals surface area contributed by atoms with Gasteiger partial charge in [-0.25, -0.2) is 0 Å². The van der Waals surface area contributed by atoms with Gasteiger partial charge in [-0.1, -0.05) is 42.6 Å². The van der Waals surface area contributed by atoms with E-state index in [1.54, 1.807) is 0 Å². The molecule has 5 heteroatoms. The fourth-order valence-corrected chi connectivity index (χ4v) is 3.17. The lowest BCUT2D eigenvalue weighted by Crippen LogP contribution is -2.34. The number of nitrogens with two attached hydrogens (primary N) is 1. The van der Waals surface area contributed by atoms with Gasteiger partial charge in [0.25, 0.3) is 0 Å². The fourth-order valence-electron chi connectivity index (χ4n) is 1.94. The predicted molar refractivity (Wildman–Crippen MR) is 95.7 cm³/mol. The number of amides is 1. The molecular weight excluding hydrogens is 348 g/mol. The van der Waals surface area contributed by atoms with Crippen molar-refractivity contribution in [2.75, 3.05) is 24.6 Å². The summed E-state index contributed by atoms with van der Waals surface area (Å²) in [5.74, 6) is 0.670. The molecule has 0 bridgehead atoms. The predicted octanol–water partition coefficient (Wildman–Crippen LogP) is 4.55. The Kier molecular flexibility index (Phi) is 8.85. The average molecular weight is 373 g/mol. The fraction of sp³-hybridized carbons (Fsp3) is 0.562. The van der Waals surface area contributed by atoms with E-state index in [0.29, 0.717) is 5.75 Å². The zero-order valence-electron chi connectivity index (χ0n) is 12.9. The molecule has 0 saturated carbocycles. The number of carbonyl (C=O) groups excluding carboxylic acids is 1. The van der Waals surface area contributed by atoms with Gasteiger partial charge in [0.05, 0.1) is 5.75 Å². The summed E-state index contributed by atoms with van der Waals surface area (Å²) in [5.41, 5.74) is 6.69. The molecule has 0 heterocycles. The van der Waals surface area contributed by atoms with E-state index in [4.69, 9.17) is 5.73 Å². The Morgan fingerprint density at radius 1 is 1.24 bits per heavy atom. The molecule has 0 unspecified atom stereocenters. The maximum atomic E-state index is 12.4. The summed E-state index contributed by atoms with van der Waals surface area (Å²) in [6, 6.07) is 5.79. The minimum Gasteiger partial charge on any atom is -0.398 e. The number of hydrogen-bond acceptors (Lipinski definition) is 3. The van der Waals surface area contributed by atoms with Crippen LogP contribution in [0.3, 0.4) is 0 Å². The van der Waals surface area contributed by atoms with Gasteiger partial charge in [-0.15, -0.1) is 11.8 Å². The number of halogens is 1. The molecule has 1 aromatic carbocycles. The Morgan fingerprint density at radius 3 is 2.38 bits per heavy atom. The zero-order chi connectivity index (χ0) is 15.7. The Hall–Kier alpha value is -0.680. The topological polar surface area (TPSA) is 46.3 Å². The largest absolute Gasteiger partial charge is 0.398 e. The summed E-state index contributed by atoms with van der Waals surface area (Å²) in [6.45, 7) is 6.04. The van der Waals surface area contributed by atoms with Crippen LogP contribution >= 0.6 is 27.7 Å². The second-order valence-electron chi connectivity index (χ2n) is 5.06. The molecule has 0 radical (unpaired) electrons. The van der Waals surface area contributed by atoms with Crippen LogP contribution in [0.1, 0.15) is 39.5 Å². The highest BCUT2D eigenvalue weighted by Crippen LogP contribution is 2.28. The highest BCUT2D eigenvalue weighted by Gasteiger charge is 2.13. The Balaban J connectivity index is 2.55. The molecule has 0 spiro atoms. The number of nitrogen functional groups attached to an aromatic ring is 1. The first-order valence-corrected chi connectivity index (χ1v) is 9.32. The third-order valence-corrected chi connectivity index (χ3v) is 4.81. The Morgan fingerprint density at radius 2 is 1.86 bits per heavy atom. The molecule has 0 aromatic heterocycles. The molecule has 2 N–H and O–H groups in total. The van der Waals surface area contributed by atoms with Crippen molar-refractivity contribution in [2.24, 2.45) is 0 Å². The molecular formula is C16H25BrN2OS. The summed E-state index contributed by atoms with van der Waals surface area (Å²) in [4.78, 5) is 15.3. The third-order valence-electron chi connectivity index (χ3n) is 3.24. The molecule has 21 heavy (non-hydrogen) atoms. The first-order valence-electron chi connectivity index (χ1n) is 7.54. The lowest BCUT2D eigenvalue weighted by Gasteiger charge is -2.22. The molecule has 0 fully saturated rings. The van der Waals surface area contributed by atoms with E-state index < -0.39 is 0 Å². The molecule has 0 aliphatic heterocycles. The van der Waals surface area contributed by atoms with Gasteiger partial charge >= 0.3 is 0 Å². The van der Waals surface area contributed by atoms with Gasteiger partial charge in [0.1, 0.15) is 0 Å². The zero-order valence-corrected chi connectivity index (χ0v) is 15.3. The second-order valence-corrected chi connectivity index (χ2v) is 6.99. The first-order chi connectivity index (χ1) is 10.1. The molecule has 3 nitrogen and oxygen atoms in total. The number of rotatable bonds is 9. The van der Waals surface area contributed by atoms with E-state index in [-0.39, 0.29) is 5.91 Å². The van der Waals surface area contributed by atoms with E-state index in [1.807, 2.05) is 23.1 Å². The van der Waals surface area contributed by atoms with E-state index in [0.717, 1.165) is 53.8 Å². The van der Waals surface area contributed by atoms with Crippen LogP contribution in [0, 0.1) is 0 Å². The summed E-state index contributed by atoms with van der Waals surface area (Å²) in [6.07, 6.45) is 4.37. The van der Waals surface area contributed by atoms with Gasteiger partial charge in [-0.2, -0.15) is 0 Å². The van der Waals surface area contributed by atoms with Crippen molar-refractivity contribution >= 4 is 39.3 Å². The van der Waals surface area contributed by atoms with E-state index in [1.165, 1.54) is 11.8 Å². The van der Waals surface area contributed by atoms with Gasteiger partial charge in [-0.3, -0.25) is 4.79 Å². The standard InChI is InChI=1S/C16H25BrN2OS/c1-3-5-9-19(10-6-4-2)16(20)12-21-15-8-7-13(17)11-14(15)18/h7-8,11H,3-6,9-10,12,18H2,1-2H3. The summed E-state index contributed by atoms with van der Waals surface area (Å²) >= 11 is 4.91. The smallest absolute Gasteiger partial charge is 0.232 e. The van der Waals surface area contributed by atoms with Crippen LogP contribution in [0.5, 0.6) is 0 Å². The number of carbonyl (C=O) groups is 1. The molecule has 118 valence electrons. The third kappa shape index (κ3) is 6.74. The molecule has 0 aliphatic rings. The van der Waals surface area contributed by atoms with Crippen molar-refractivity contribution < 1.29 is 4.79 Å². The average Bonchev–Trinajstić information content (AvgIpc) is 2.46. The molecule has 0 saturated heterocycles. The number of benzene rings is 1. The summed E-state index contributed by atoms with van der Waals surface area (Å²) in [7, 11) is 0. The van der Waals surface area contributed by atoms with E-state index >= 15 is 0 Å². The molecule has 0 atom stereocenters. The minimum atomic E-state index is 0.212. The Bertz CT molecular complexity index is 446. The van der Waals surface area contributed by atoms with Crippen molar-refractivity contribution in [3.8, 4) is 0 Å². The van der Waals surface area contributed by atoms with Crippen molar-refractivity contribution in [3.05, 3.63) is 22.7 Å². The molecule has 1 rings (SSSR count). The molecule has 1 amide bonds. The molecule has 0 aliphatic carbocycles. The maximum absolute atomic E-state index is 12.4. The number of thioether (sulfide) groups is 1. The normalized spacial score (nSPS) is 10.6. The number of hydrogen-bond donors (Lipinski definition) is 1. The Labute approximate surface area is 140 Å². The lowest BCUT2D eigenvalue weighted by atomic mass is 10.2. The van der Waals surface area contributed by atoms with Crippen molar-refractivity contribution in [3.63, 3.8) is 0 Å². The number of nitrogens with zero attached hydrogens (tertiary/aromatic N) is 1. The highest BCUT2D eigenvalue weighted by atomic mass is 79.9. The van der Waals surface area contributed by atoms with Crippen LogP contribution in [0.4, 0.5) is 5.69 Å². The van der Waals surface area contributed by atoms with Crippen LogP contribution in [-0.4, -0.2) is 29.6 Å². The quantitative estimate of drug-likeness (QED) is 0.510. The SMILES string of the molecule is CCCCN(CCCC)C(=O)CSc1ccc(Br)cc1N. The monoisotopic (exact) mass is 372 g/mol. The highest BCUT2D eigenvalue weighted by molar-refractivity contribution is 9.10. The van der Waals surface area contributed by atoms with Crippen LogP contribution in [0.25, 0.3) is 0 Å². The first kappa shape index (κ1) is 18.4. The van der Waals surface area contributed by atoms with Gasteiger partial charge in [0.15, 0.2) is 0 Å².